The van der Waals surface area contributed by atoms with Gasteiger partial charge in [0, 0.05) is 16.7 Å². The van der Waals surface area contributed by atoms with Gasteiger partial charge in [-0.1, -0.05) is 36.8 Å². The molecule has 1 aromatic heterocycles. The van der Waals surface area contributed by atoms with Crippen molar-refractivity contribution >= 4 is 22.2 Å². The van der Waals surface area contributed by atoms with Gasteiger partial charge in [0.25, 0.3) is 5.72 Å². The fourth-order valence-electron chi connectivity index (χ4n) is 3.82. The molecular formula is C19H20F3N3OS. The average Bonchev–Trinajstić information content (AvgIpc) is 3.19. The van der Waals surface area contributed by atoms with Crippen molar-refractivity contribution in [3.05, 3.63) is 35.2 Å². The lowest BCUT2D eigenvalue weighted by molar-refractivity contribution is -0.269. The van der Waals surface area contributed by atoms with Crippen molar-refractivity contribution in [2.75, 3.05) is 5.01 Å². The standard InChI is InChI=1S/C19H20F3N3OS/c1-11-3-6-13(7-4-11)16-10-27-17(23-16)25-18(26,19(20,21)22)14-9-12(2)5-8-15(14)24-25/h3-4,6-7,10,12,14,26H,5,8-9H2,1-2H3/t12-,14+,18+/m0/s1. The lowest BCUT2D eigenvalue weighted by Gasteiger charge is -2.39. The Morgan fingerprint density at radius 1 is 1.26 bits per heavy atom. The van der Waals surface area contributed by atoms with Crippen LogP contribution < -0.4 is 5.01 Å². The van der Waals surface area contributed by atoms with E-state index < -0.39 is 17.8 Å². The maximum absolute atomic E-state index is 14.0. The highest BCUT2D eigenvalue weighted by Gasteiger charge is 2.68. The van der Waals surface area contributed by atoms with Crippen LogP contribution in [0.4, 0.5) is 18.3 Å². The lowest BCUT2D eigenvalue weighted by atomic mass is 9.76. The normalized spacial score (nSPS) is 28.2. The molecule has 144 valence electrons. The van der Waals surface area contributed by atoms with Crippen LogP contribution in [0.3, 0.4) is 0 Å². The average molecular weight is 395 g/mol. The Labute approximate surface area is 159 Å². The first-order valence-electron chi connectivity index (χ1n) is 8.89. The van der Waals surface area contributed by atoms with E-state index in [-0.39, 0.29) is 17.5 Å². The fraction of sp³-hybridized carbons (Fsp3) is 0.474. The summed E-state index contributed by atoms with van der Waals surface area (Å²) in [5.41, 5.74) is -0.149. The quantitative estimate of drug-likeness (QED) is 0.780. The first-order valence-corrected chi connectivity index (χ1v) is 9.77. The number of hydrazone groups is 1. The fourth-order valence-corrected chi connectivity index (χ4v) is 4.65. The topological polar surface area (TPSA) is 48.7 Å². The molecule has 2 heterocycles. The van der Waals surface area contributed by atoms with Gasteiger partial charge in [-0.25, -0.2) is 4.98 Å². The monoisotopic (exact) mass is 395 g/mol. The minimum Gasteiger partial charge on any atom is -0.362 e. The Kier molecular flexibility index (Phi) is 4.31. The maximum Gasteiger partial charge on any atom is 0.439 e. The number of rotatable bonds is 2. The van der Waals surface area contributed by atoms with Crippen molar-refractivity contribution in [1.29, 1.82) is 0 Å². The number of hydrogen-bond acceptors (Lipinski definition) is 5. The van der Waals surface area contributed by atoms with Crippen LogP contribution in [0.2, 0.25) is 0 Å². The molecule has 4 nitrogen and oxygen atoms in total. The van der Waals surface area contributed by atoms with Gasteiger partial charge in [-0.05, 0) is 32.1 Å². The number of nitrogens with zero attached hydrogens (tertiary/aromatic N) is 3. The predicted octanol–water partition coefficient (Wildman–Crippen LogP) is 4.98. The number of halogens is 3. The predicted molar refractivity (Wildman–Crippen MR) is 99.7 cm³/mol. The van der Waals surface area contributed by atoms with E-state index in [4.69, 9.17) is 0 Å². The van der Waals surface area contributed by atoms with Crippen molar-refractivity contribution in [1.82, 2.24) is 4.98 Å². The molecule has 27 heavy (non-hydrogen) atoms. The SMILES string of the molecule is Cc1ccc(-c2csc(N3N=C4CC[C@H](C)C[C@H]4[C@@]3(O)C(F)(F)F)n2)cc1. The van der Waals surface area contributed by atoms with Crippen molar-refractivity contribution in [2.24, 2.45) is 16.9 Å². The molecule has 0 bridgehead atoms. The minimum absolute atomic E-state index is 0.0555. The largest absolute Gasteiger partial charge is 0.439 e. The van der Waals surface area contributed by atoms with E-state index >= 15 is 0 Å². The highest BCUT2D eigenvalue weighted by Crippen LogP contribution is 2.51. The number of hydrogen-bond donors (Lipinski definition) is 1. The smallest absolute Gasteiger partial charge is 0.362 e. The first kappa shape index (κ1) is 18.4. The molecule has 0 amide bonds. The first-order chi connectivity index (χ1) is 12.7. The molecule has 0 radical (unpaired) electrons. The minimum atomic E-state index is -4.84. The van der Waals surface area contributed by atoms with E-state index in [1.54, 1.807) is 5.38 Å². The van der Waals surface area contributed by atoms with Gasteiger partial charge >= 0.3 is 6.18 Å². The number of thiazole rings is 1. The van der Waals surface area contributed by atoms with E-state index in [1.165, 1.54) is 0 Å². The summed E-state index contributed by atoms with van der Waals surface area (Å²) in [5, 5.41) is 17.5. The van der Waals surface area contributed by atoms with Gasteiger partial charge in [-0.3, -0.25) is 0 Å². The molecule has 0 spiro atoms. The molecule has 1 aliphatic heterocycles. The van der Waals surface area contributed by atoms with E-state index in [1.807, 2.05) is 38.1 Å². The molecule has 1 N–H and O–H groups in total. The van der Waals surface area contributed by atoms with Gasteiger partial charge in [-0.2, -0.15) is 23.3 Å². The van der Waals surface area contributed by atoms with E-state index in [0.29, 0.717) is 22.8 Å². The Balaban J connectivity index is 1.74. The number of fused-ring (bicyclic) bond motifs is 1. The third-order valence-corrected chi connectivity index (χ3v) is 6.22. The van der Waals surface area contributed by atoms with Crippen LogP contribution in [0.25, 0.3) is 11.3 Å². The second-order valence-corrected chi connectivity index (χ2v) is 8.28. The highest BCUT2D eigenvalue weighted by atomic mass is 32.1. The lowest BCUT2D eigenvalue weighted by Crippen LogP contribution is -2.60. The van der Waals surface area contributed by atoms with E-state index in [0.717, 1.165) is 28.9 Å². The number of aliphatic hydroxyl groups is 1. The van der Waals surface area contributed by atoms with Crippen LogP contribution in [-0.2, 0) is 0 Å². The molecule has 0 saturated heterocycles. The Morgan fingerprint density at radius 3 is 2.63 bits per heavy atom. The third-order valence-electron chi connectivity index (χ3n) is 5.41. The molecular weight excluding hydrogens is 375 g/mol. The molecule has 0 unspecified atom stereocenters. The van der Waals surface area contributed by atoms with Crippen molar-refractivity contribution < 1.29 is 18.3 Å². The molecule has 3 atom stereocenters. The second-order valence-electron chi connectivity index (χ2n) is 7.44. The molecule has 4 rings (SSSR count). The van der Waals surface area contributed by atoms with Crippen LogP contribution in [0, 0.1) is 18.8 Å². The molecule has 1 saturated carbocycles. The number of benzene rings is 1. The van der Waals surface area contributed by atoms with Crippen molar-refractivity contribution in [3.63, 3.8) is 0 Å². The summed E-state index contributed by atoms with van der Waals surface area (Å²) in [7, 11) is 0. The van der Waals surface area contributed by atoms with Crippen LogP contribution >= 0.6 is 11.3 Å². The molecule has 1 fully saturated rings. The van der Waals surface area contributed by atoms with Gasteiger partial charge in [0.05, 0.1) is 11.6 Å². The maximum atomic E-state index is 14.0. The van der Waals surface area contributed by atoms with Crippen molar-refractivity contribution in [2.45, 2.75) is 45.0 Å². The number of anilines is 1. The Morgan fingerprint density at radius 2 is 1.96 bits per heavy atom. The molecule has 2 aromatic rings. The van der Waals surface area contributed by atoms with E-state index in [2.05, 4.69) is 10.1 Å². The van der Waals surface area contributed by atoms with Crippen LogP contribution in [0.15, 0.2) is 34.7 Å². The Hall–Kier alpha value is -1.93. The molecule has 2 aliphatic rings. The summed E-state index contributed by atoms with van der Waals surface area (Å²) in [5.74, 6) is -0.935. The summed E-state index contributed by atoms with van der Waals surface area (Å²) in [6.07, 6.45) is -3.32. The van der Waals surface area contributed by atoms with Gasteiger partial charge < -0.3 is 5.11 Å². The summed E-state index contributed by atoms with van der Waals surface area (Å²) in [4.78, 5) is 4.36. The highest BCUT2D eigenvalue weighted by molar-refractivity contribution is 7.14. The zero-order chi connectivity index (χ0) is 19.4. The van der Waals surface area contributed by atoms with Gasteiger partial charge in [0.2, 0.25) is 5.13 Å². The van der Waals surface area contributed by atoms with Gasteiger partial charge in [0.15, 0.2) is 0 Å². The third kappa shape index (κ3) is 2.95. The zero-order valence-electron chi connectivity index (χ0n) is 15.0. The number of aryl methyl sites for hydroxylation is 1. The summed E-state index contributed by atoms with van der Waals surface area (Å²) in [6, 6.07) is 7.60. The number of alkyl halides is 3. The van der Waals surface area contributed by atoms with Gasteiger partial charge in [0.1, 0.15) is 0 Å². The Bertz CT molecular complexity index is 877. The number of aromatic nitrogens is 1. The van der Waals surface area contributed by atoms with Crippen LogP contribution in [0.5, 0.6) is 0 Å². The van der Waals surface area contributed by atoms with Crippen LogP contribution in [-0.4, -0.2) is 27.7 Å². The van der Waals surface area contributed by atoms with Gasteiger partial charge in [-0.15, -0.1) is 11.3 Å². The summed E-state index contributed by atoms with van der Waals surface area (Å²) in [6.45, 7) is 3.87. The zero-order valence-corrected chi connectivity index (χ0v) is 15.8. The molecule has 1 aliphatic carbocycles. The van der Waals surface area contributed by atoms with E-state index in [9.17, 15) is 18.3 Å². The van der Waals surface area contributed by atoms with Crippen LogP contribution in [0.1, 0.15) is 31.7 Å². The molecule has 1 aromatic carbocycles. The van der Waals surface area contributed by atoms with Crippen molar-refractivity contribution in [3.8, 4) is 11.3 Å². The summed E-state index contributed by atoms with van der Waals surface area (Å²) >= 11 is 1.06. The molecule has 8 heteroatoms. The second kappa shape index (κ2) is 6.31. The summed E-state index contributed by atoms with van der Waals surface area (Å²) < 4.78 is 41.9.